The predicted molar refractivity (Wildman–Crippen MR) is 158 cm³/mol. The number of halogens is 1. The Kier molecular flexibility index (Phi) is 7.97. The first-order valence-corrected chi connectivity index (χ1v) is 14.1. The number of anilines is 3. The number of aromatic nitrogens is 5. The average Bonchev–Trinajstić information content (AvgIpc) is 3.52. The van der Waals surface area contributed by atoms with E-state index in [2.05, 4.69) is 30.7 Å². The molecule has 1 amide bonds. The number of hydrogen-bond acceptors (Lipinski definition) is 8. The van der Waals surface area contributed by atoms with Crippen LogP contribution in [0.4, 0.5) is 26.4 Å². The normalized spacial score (nSPS) is 14.5. The summed E-state index contributed by atoms with van der Waals surface area (Å²) in [6, 6.07) is 12.4. The molecule has 4 heterocycles. The van der Waals surface area contributed by atoms with Gasteiger partial charge >= 0.3 is 6.09 Å². The molecule has 218 valence electrons. The lowest BCUT2D eigenvalue weighted by molar-refractivity contribution is 0.0782. The quantitative estimate of drug-likeness (QED) is 0.217. The van der Waals surface area contributed by atoms with E-state index in [1.807, 2.05) is 35.9 Å². The van der Waals surface area contributed by atoms with Crippen LogP contribution in [0.15, 0.2) is 61.2 Å². The van der Waals surface area contributed by atoms with Gasteiger partial charge in [0.05, 0.1) is 42.9 Å². The van der Waals surface area contributed by atoms with Gasteiger partial charge in [-0.2, -0.15) is 10.2 Å². The molecule has 42 heavy (non-hydrogen) atoms. The third kappa shape index (κ3) is 6.19. The number of piperidine rings is 1. The molecule has 0 spiro atoms. The van der Waals surface area contributed by atoms with Crippen molar-refractivity contribution in [3.05, 3.63) is 78.1 Å². The number of hydrogen-bond donors (Lipinski definition) is 3. The number of carbonyl (C=O) groups is 1. The van der Waals surface area contributed by atoms with Gasteiger partial charge in [-0.25, -0.2) is 18.7 Å². The standard InChI is InChI=1S/C30H33FN8O3/c1-20-26(36-30(41)42-13-3-10-37-11-8-25(40)9-12-37)18-39-28(20)29(32-19-34-39)35-24-6-7-27-22(15-24)16-33-38(27)17-21-4-2-5-23(31)14-21/h2,4-7,14-16,18-19,25,40H,3,8-13,17H2,1H3,(H,36,41)(H,32,34,35). The van der Waals surface area contributed by atoms with Crippen LogP contribution in [-0.2, 0) is 11.3 Å². The van der Waals surface area contributed by atoms with Crippen LogP contribution in [0.1, 0.15) is 30.4 Å². The minimum Gasteiger partial charge on any atom is -0.449 e. The van der Waals surface area contributed by atoms with Gasteiger partial charge in [-0.15, -0.1) is 0 Å². The minimum absolute atomic E-state index is 0.196. The zero-order valence-electron chi connectivity index (χ0n) is 23.3. The van der Waals surface area contributed by atoms with Crippen LogP contribution in [-0.4, -0.2) is 72.8 Å². The second kappa shape index (κ2) is 12.1. The van der Waals surface area contributed by atoms with E-state index in [0.717, 1.165) is 72.1 Å². The first-order valence-electron chi connectivity index (χ1n) is 14.1. The number of rotatable bonds is 9. The third-order valence-electron chi connectivity index (χ3n) is 7.60. The van der Waals surface area contributed by atoms with Crippen molar-refractivity contribution in [2.45, 2.75) is 38.8 Å². The van der Waals surface area contributed by atoms with Crippen molar-refractivity contribution in [2.75, 3.05) is 36.9 Å². The fraction of sp³-hybridized carbons (Fsp3) is 0.333. The zero-order valence-corrected chi connectivity index (χ0v) is 23.3. The van der Waals surface area contributed by atoms with Gasteiger partial charge in [0.2, 0.25) is 0 Å². The number of amides is 1. The molecule has 0 unspecified atom stereocenters. The molecular formula is C30H33FN8O3. The van der Waals surface area contributed by atoms with E-state index < -0.39 is 6.09 Å². The smallest absolute Gasteiger partial charge is 0.411 e. The van der Waals surface area contributed by atoms with E-state index in [1.54, 1.807) is 23.0 Å². The predicted octanol–water partition coefficient (Wildman–Crippen LogP) is 4.71. The van der Waals surface area contributed by atoms with Crippen molar-refractivity contribution in [1.29, 1.82) is 0 Å². The minimum atomic E-state index is -0.522. The maximum absolute atomic E-state index is 13.6. The second-order valence-corrected chi connectivity index (χ2v) is 10.6. The highest BCUT2D eigenvalue weighted by Crippen LogP contribution is 2.29. The molecule has 3 aromatic heterocycles. The molecule has 1 aliphatic rings. The van der Waals surface area contributed by atoms with Crippen molar-refractivity contribution in [3.8, 4) is 0 Å². The Morgan fingerprint density at radius 2 is 2.02 bits per heavy atom. The highest BCUT2D eigenvalue weighted by atomic mass is 19.1. The number of benzene rings is 2. The number of ether oxygens (including phenoxy) is 1. The topological polar surface area (TPSA) is 122 Å². The van der Waals surface area contributed by atoms with E-state index in [-0.39, 0.29) is 11.9 Å². The van der Waals surface area contributed by atoms with Gasteiger partial charge in [-0.05, 0) is 62.1 Å². The van der Waals surface area contributed by atoms with Crippen molar-refractivity contribution < 1.29 is 19.0 Å². The second-order valence-electron chi connectivity index (χ2n) is 10.6. The number of aliphatic hydroxyl groups is 1. The van der Waals surface area contributed by atoms with Crippen LogP contribution in [0.25, 0.3) is 16.4 Å². The Balaban J connectivity index is 1.10. The maximum Gasteiger partial charge on any atom is 0.411 e. The van der Waals surface area contributed by atoms with Crippen LogP contribution in [0.5, 0.6) is 0 Å². The van der Waals surface area contributed by atoms with Gasteiger partial charge < -0.3 is 20.1 Å². The molecule has 0 atom stereocenters. The summed E-state index contributed by atoms with van der Waals surface area (Å²) in [6.07, 6.45) is 6.56. The third-order valence-corrected chi connectivity index (χ3v) is 7.60. The Hall–Kier alpha value is -4.55. The molecule has 1 aliphatic heterocycles. The van der Waals surface area contributed by atoms with E-state index in [1.165, 1.54) is 18.5 Å². The summed E-state index contributed by atoms with van der Waals surface area (Å²) >= 11 is 0. The maximum atomic E-state index is 13.6. The molecule has 3 N–H and O–H groups in total. The van der Waals surface area contributed by atoms with E-state index in [0.29, 0.717) is 24.7 Å². The fourth-order valence-corrected chi connectivity index (χ4v) is 5.36. The highest BCUT2D eigenvalue weighted by molar-refractivity contribution is 5.91. The van der Waals surface area contributed by atoms with Crippen molar-refractivity contribution in [3.63, 3.8) is 0 Å². The van der Waals surface area contributed by atoms with Gasteiger partial charge in [-0.1, -0.05) is 12.1 Å². The Labute approximate surface area is 241 Å². The number of nitrogens with zero attached hydrogens (tertiary/aromatic N) is 6. The Morgan fingerprint density at radius 3 is 2.86 bits per heavy atom. The SMILES string of the molecule is Cc1c(NC(=O)OCCCN2CCC(O)CC2)cn2ncnc(Nc3ccc4c(cnn4Cc4cccc(F)c4)c3)c12. The Bertz CT molecular complexity index is 1710. The first-order chi connectivity index (χ1) is 20.4. The van der Waals surface area contributed by atoms with Crippen LogP contribution < -0.4 is 10.6 Å². The molecule has 12 heteroatoms. The summed E-state index contributed by atoms with van der Waals surface area (Å²) in [6.45, 7) is 5.24. The summed E-state index contributed by atoms with van der Waals surface area (Å²) < 4.78 is 22.5. The van der Waals surface area contributed by atoms with E-state index in [9.17, 15) is 14.3 Å². The molecule has 0 bridgehead atoms. The monoisotopic (exact) mass is 572 g/mol. The van der Waals surface area contributed by atoms with Crippen LogP contribution in [0.2, 0.25) is 0 Å². The van der Waals surface area contributed by atoms with Crippen molar-refractivity contribution in [2.24, 2.45) is 0 Å². The summed E-state index contributed by atoms with van der Waals surface area (Å²) in [5.41, 5.74) is 4.68. The van der Waals surface area contributed by atoms with Crippen molar-refractivity contribution >= 4 is 39.7 Å². The van der Waals surface area contributed by atoms with Crippen LogP contribution in [0, 0.1) is 12.7 Å². The molecule has 2 aromatic carbocycles. The molecule has 11 nitrogen and oxygen atoms in total. The summed E-state index contributed by atoms with van der Waals surface area (Å²) in [7, 11) is 0. The lowest BCUT2D eigenvalue weighted by Crippen LogP contribution is -2.36. The van der Waals surface area contributed by atoms with Gasteiger partial charge in [0.15, 0.2) is 5.82 Å². The van der Waals surface area contributed by atoms with Crippen LogP contribution in [0.3, 0.4) is 0 Å². The molecule has 6 rings (SSSR count). The number of aliphatic hydroxyl groups excluding tert-OH is 1. The molecule has 1 saturated heterocycles. The van der Waals surface area contributed by atoms with Gasteiger partial charge in [0.25, 0.3) is 0 Å². The molecular weight excluding hydrogens is 539 g/mol. The lowest BCUT2D eigenvalue weighted by atomic mass is 10.1. The number of nitrogens with one attached hydrogen (secondary N) is 2. The van der Waals surface area contributed by atoms with Crippen LogP contribution >= 0.6 is 0 Å². The fourth-order valence-electron chi connectivity index (χ4n) is 5.36. The highest BCUT2D eigenvalue weighted by Gasteiger charge is 2.18. The number of likely N-dealkylation sites (tertiary alicyclic amines) is 1. The molecule has 0 radical (unpaired) electrons. The van der Waals surface area contributed by atoms with Gasteiger partial charge in [-0.3, -0.25) is 10.00 Å². The summed E-state index contributed by atoms with van der Waals surface area (Å²) in [5, 5.41) is 25.6. The van der Waals surface area contributed by atoms with Gasteiger partial charge in [0, 0.05) is 36.3 Å². The summed E-state index contributed by atoms with van der Waals surface area (Å²) in [5.74, 6) is 0.315. The Morgan fingerprint density at radius 1 is 1.17 bits per heavy atom. The summed E-state index contributed by atoms with van der Waals surface area (Å²) in [4.78, 5) is 19.2. The number of aryl methyl sites for hydroxylation is 1. The van der Waals surface area contributed by atoms with Gasteiger partial charge in [0.1, 0.15) is 17.7 Å². The van der Waals surface area contributed by atoms with E-state index >= 15 is 0 Å². The molecule has 5 aromatic rings. The zero-order chi connectivity index (χ0) is 29.1. The van der Waals surface area contributed by atoms with E-state index in [4.69, 9.17) is 4.74 Å². The molecule has 1 fully saturated rings. The average molecular weight is 573 g/mol. The molecule has 0 saturated carbocycles. The number of carbonyl (C=O) groups excluding carboxylic acids is 1. The van der Waals surface area contributed by atoms with Crippen molar-refractivity contribution in [1.82, 2.24) is 29.3 Å². The lowest BCUT2D eigenvalue weighted by Gasteiger charge is -2.29. The first kappa shape index (κ1) is 27.6. The largest absolute Gasteiger partial charge is 0.449 e. The molecule has 0 aliphatic carbocycles. The number of fused-ring (bicyclic) bond motifs is 2.